The number of nitrogens with one attached hydrogen (secondary N) is 1. The summed E-state index contributed by atoms with van der Waals surface area (Å²) < 4.78 is 15.6. The Kier molecular flexibility index (Phi) is 6.12. The number of anilines is 1. The van der Waals surface area contributed by atoms with Crippen molar-refractivity contribution in [3.8, 4) is 11.5 Å². The molecule has 8 nitrogen and oxygen atoms in total. The Morgan fingerprint density at radius 1 is 1.26 bits per heavy atom. The molecule has 1 N–H and O–H groups in total. The van der Waals surface area contributed by atoms with Gasteiger partial charge in [0, 0.05) is 17.8 Å². The lowest BCUT2D eigenvalue weighted by Gasteiger charge is -2.24. The molecule has 144 valence electrons. The van der Waals surface area contributed by atoms with E-state index in [1.54, 1.807) is 43.2 Å². The zero-order chi connectivity index (χ0) is 19.2. The maximum Gasteiger partial charge on any atom is 0.410 e. The first-order valence-corrected chi connectivity index (χ1v) is 9.37. The lowest BCUT2D eigenvalue weighted by Crippen LogP contribution is -2.35. The van der Waals surface area contributed by atoms with Crippen molar-refractivity contribution >= 4 is 28.5 Å². The summed E-state index contributed by atoms with van der Waals surface area (Å²) in [5, 5.41) is 3.25. The number of ether oxygens (including phenoxy) is 3. The van der Waals surface area contributed by atoms with Crippen molar-refractivity contribution in [2.75, 3.05) is 32.2 Å². The molecule has 3 rings (SSSR count). The number of amides is 2. The third kappa shape index (κ3) is 4.88. The summed E-state index contributed by atoms with van der Waals surface area (Å²) in [6, 6.07) is 6.99. The average Bonchev–Trinajstić information content (AvgIpc) is 3.08. The highest BCUT2D eigenvalue weighted by Gasteiger charge is 2.25. The molecule has 0 unspecified atom stereocenters. The maximum absolute atomic E-state index is 12.1. The third-order valence-corrected chi connectivity index (χ3v) is 4.93. The minimum atomic E-state index is -0.324. The van der Waals surface area contributed by atoms with E-state index < -0.39 is 0 Å². The average molecular weight is 391 g/mol. The topological polar surface area (TPSA) is 90.0 Å². The van der Waals surface area contributed by atoms with Crippen LogP contribution in [0.15, 0.2) is 24.3 Å². The van der Waals surface area contributed by atoms with E-state index in [2.05, 4.69) is 10.3 Å². The number of aromatic nitrogens is 1. The van der Waals surface area contributed by atoms with Gasteiger partial charge in [0.1, 0.15) is 11.5 Å². The predicted molar refractivity (Wildman–Crippen MR) is 100 cm³/mol. The van der Waals surface area contributed by atoms with Gasteiger partial charge in [-0.1, -0.05) is 11.3 Å². The monoisotopic (exact) mass is 391 g/mol. The summed E-state index contributed by atoms with van der Waals surface area (Å²) in [5.74, 6) is 1.01. The van der Waals surface area contributed by atoms with Gasteiger partial charge in [-0.15, -0.1) is 0 Å². The first-order chi connectivity index (χ1) is 13.1. The second-order valence-corrected chi connectivity index (χ2v) is 6.86. The van der Waals surface area contributed by atoms with Crippen LogP contribution >= 0.6 is 11.3 Å². The number of hydrogen-bond acceptors (Lipinski definition) is 7. The highest BCUT2D eigenvalue weighted by atomic mass is 32.1. The summed E-state index contributed by atoms with van der Waals surface area (Å²) in [6.45, 7) is 3.01. The number of thiazole rings is 1. The van der Waals surface area contributed by atoms with Gasteiger partial charge in [-0.25, -0.2) is 9.78 Å². The van der Waals surface area contributed by atoms with E-state index in [1.165, 1.54) is 11.3 Å². The van der Waals surface area contributed by atoms with E-state index in [0.29, 0.717) is 37.0 Å². The number of carbonyl (C=O) groups excluding carboxylic acids is 2. The second-order valence-electron chi connectivity index (χ2n) is 5.77. The Morgan fingerprint density at radius 2 is 2.00 bits per heavy atom. The highest BCUT2D eigenvalue weighted by molar-refractivity contribution is 7.15. The number of nitrogens with zero attached hydrogens (tertiary/aromatic N) is 2. The molecule has 0 saturated heterocycles. The molecule has 9 heteroatoms. The number of carbonyl (C=O) groups is 2. The van der Waals surface area contributed by atoms with Crippen LogP contribution in [0.1, 0.15) is 17.5 Å². The molecule has 1 aromatic heterocycles. The molecule has 0 fully saturated rings. The fourth-order valence-electron chi connectivity index (χ4n) is 2.60. The molecule has 0 saturated carbocycles. The second kappa shape index (κ2) is 8.72. The number of methoxy groups -OCH3 is 1. The van der Waals surface area contributed by atoms with Gasteiger partial charge in [0.25, 0.3) is 5.91 Å². The lowest BCUT2D eigenvalue weighted by atomic mass is 10.2. The molecular weight excluding hydrogens is 370 g/mol. The minimum Gasteiger partial charge on any atom is -0.497 e. The quantitative estimate of drug-likeness (QED) is 0.814. The van der Waals surface area contributed by atoms with Crippen molar-refractivity contribution in [2.24, 2.45) is 0 Å². The zero-order valence-corrected chi connectivity index (χ0v) is 16.0. The smallest absolute Gasteiger partial charge is 0.410 e. The Labute approximate surface area is 161 Å². The Bertz CT molecular complexity index is 806. The SMILES string of the molecule is CCOC(=O)N1CCc2nc(NC(=O)COc3ccc(OC)cc3)sc2C1. The van der Waals surface area contributed by atoms with E-state index in [1.807, 2.05) is 0 Å². The minimum absolute atomic E-state index is 0.120. The lowest BCUT2D eigenvalue weighted by molar-refractivity contribution is -0.118. The van der Waals surface area contributed by atoms with E-state index in [-0.39, 0.29) is 18.6 Å². The van der Waals surface area contributed by atoms with E-state index >= 15 is 0 Å². The van der Waals surface area contributed by atoms with Crippen molar-refractivity contribution in [3.05, 3.63) is 34.8 Å². The van der Waals surface area contributed by atoms with Gasteiger partial charge in [0.05, 0.1) is 26.0 Å². The van der Waals surface area contributed by atoms with Crippen molar-refractivity contribution < 1.29 is 23.8 Å². The van der Waals surface area contributed by atoms with E-state index in [0.717, 1.165) is 16.3 Å². The summed E-state index contributed by atoms with van der Waals surface area (Å²) in [4.78, 5) is 31.0. The molecule has 2 heterocycles. The molecule has 0 radical (unpaired) electrons. The van der Waals surface area contributed by atoms with Crippen LogP contribution in [-0.4, -0.2) is 48.8 Å². The normalized spacial score (nSPS) is 12.9. The van der Waals surface area contributed by atoms with Crippen LogP contribution in [0, 0.1) is 0 Å². The van der Waals surface area contributed by atoms with Crippen molar-refractivity contribution in [2.45, 2.75) is 19.9 Å². The molecule has 0 aliphatic carbocycles. The van der Waals surface area contributed by atoms with Crippen molar-refractivity contribution in [3.63, 3.8) is 0 Å². The highest BCUT2D eigenvalue weighted by Crippen LogP contribution is 2.28. The summed E-state index contributed by atoms with van der Waals surface area (Å²) >= 11 is 1.36. The van der Waals surface area contributed by atoms with Crippen LogP contribution in [0.5, 0.6) is 11.5 Å². The molecule has 2 aromatic rings. The van der Waals surface area contributed by atoms with Crippen molar-refractivity contribution in [1.29, 1.82) is 0 Å². The fourth-order valence-corrected chi connectivity index (χ4v) is 3.64. The fraction of sp³-hybridized carbons (Fsp3) is 0.389. The molecule has 1 aromatic carbocycles. The number of benzene rings is 1. The van der Waals surface area contributed by atoms with Crippen LogP contribution in [-0.2, 0) is 22.5 Å². The molecule has 0 spiro atoms. The van der Waals surface area contributed by atoms with Crippen LogP contribution in [0.4, 0.5) is 9.93 Å². The Morgan fingerprint density at radius 3 is 2.70 bits per heavy atom. The van der Waals surface area contributed by atoms with Crippen LogP contribution in [0.3, 0.4) is 0 Å². The van der Waals surface area contributed by atoms with Gasteiger partial charge in [-0.05, 0) is 31.2 Å². The van der Waals surface area contributed by atoms with Crippen LogP contribution < -0.4 is 14.8 Å². The number of rotatable bonds is 6. The molecule has 2 amide bonds. The molecular formula is C18H21N3O5S. The molecule has 0 bridgehead atoms. The Hall–Kier alpha value is -2.81. The molecule has 27 heavy (non-hydrogen) atoms. The van der Waals surface area contributed by atoms with E-state index in [4.69, 9.17) is 14.2 Å². The van der Waals surface area contributed by atoms with Gasteiger partial charge in [-0.2, -0.15) is 0 Å². The molecule has 1 aliphatic heterocycles. The van der Waals surface area contributed by atoms with Gasteiger partial charge < -0.3 is 19.1 Å². The number of hydrogen-bond donors (Lipinski definition) is 1. The van der Waals surface area contributed by atoms with Gasteiger partial charge in [-0.3, -0.25) is 10.1 Å². The molecule has 0 atom stereocenters. The molecule has 1 aliphatic rings. The first-order valence-electron chi connectivity index (χ1n) is 8.56. The van der Waals surface area contributed by atoms with Gasteiger partial charge in [0.2, 0.25) is 0 Å². The predicted octanol–water partition coefficient (Wildman–Crippen LogP) is 2.68. The standard InChI is InChI=1S/C18H21N3O5S/c1-3-25-18(23)21-9-8-14-15(10-21)27-17(19-14)20-16(22)11-26-13-6-4-12(24-2)5-7-13/h4-7H,3,8-11H2,1-2H3,(H,19,20,22). The van der Waals surface area contributed by atoms with Crippen molar-refractivity contribution in [1.82, 2.24) is 9.88 Å². The summed E-state index contributed by atoms with van der Waals surface area (Å²) in [6.07, 6.45) is 0.318. The largest absolute Gasteiger partial charge is 0.497 e. The number of fused-ring (bicyclic) bond motifs is 1. The Balaban J connectivity index is 1.52. The summed E-state index contributed by atoms with van der Waals surface area (Å²) in [5.41, 5.74) is 0.909. The van der Waals surface area contributed by atoms with Crippen LogP contribution in [0.25, 0.3) is 0 Å². The zero-order valence-electron chi connectivity index (χ0n) is 15.2. The van der Waals surface area contributed by atoms with Crippen LogP contribution in [0.2, 0.25) is 0 Å². The third-order valence-electron chi connectivity index (χ3n) is 3.93. The first kappa shape index (κ1) is 19.0. The summed E-state index contributed by atoms with van der Waals surface area (Å²) in [7, 11) is 1.59. The van der Waals surface area contributed by atoms with Gasteiger partial charge in [0.15, 0.2) is 11.7 Å². The van der Waals surface area contributed by atoms with E-state index in [9.17, 15) is 9.59 Å². The van der Waals surface area contributed by atoms with Gasteiger partial charge >= 0.3 is 6.09 Å². The maximum atomic E-state index is 12.1.